The fourth-order valence-electron chi connectivity index (χ4n) is 3.12. The van der Waals surface area contributed by atoms with Crippen LogP contribution in [0.1, 0.15) is 12.5 Å². The molecule has 26 heavy (non-hydrogen) atoms. The highest BCUT2D eigenvalue weighted by atomic mass is 35.5. The molecule has 132 valence electrons. The Bertz CT molecular complexity index is 1060. The second kappa shape index (κ2) is 6.50. The van der Waals surface area contributed by atoms with Crippen LogP contribution in [0.3, 0.4) is 0 Å². The van der Waals surface area contributed by atoms with Crippen LogP contribution in [0.2, 0.25) is 5.02 Å². The van der Waals surface area contributed by atoms with E-state index in [1.165, 1.54) is 6.26 Å². The summed E-state index contributed by atoms with van der Waals surface area (Å²) in [6.07, 6.45) is 0.918. The second-order valence-corrected chi connectivity index (χ2v) is 6.33. The van der Waals surface area contributed by atoms with Crippen molar-refractivity contribution in [3.05, 3.63) is 63.5 Å². The van der Waals surface area contributed by atoms with Gasteiger partial charge in [-0.15, -0.1) is 0 Å². The Balaban J connectivity index is 1.84. The Morgan fingerprint density at radius 2 is 2.08 bits per heavy atom. The molecule has 0 saturated heterocycles. The predicted octanol–water partition coefficient (Wildman–Crippen LogP) is 3.98. The summed E-state index contributed by atoms with van der Waals surface area (Å²) in [6, 6.07) is 10.8. The van der Waals surface area contributed by atoms with Crippen molar-refractivity contribution in [3.63, 3.8) is 0 Å². The van der Waals surface area contributed by atoms with Gasteiger partial charge in [-0.1, -0.05) is 41.9 Å². The Hall–Kier alpha value is -2.79. The van der Waals surface area contributed by atoms with E-state index in [1.807, 2.05) is 30.3 Å². The SMILES string of the molecule is CCOC(=O)C1Cc2c(cc3occ(-c4ccccc4)c(=O)c3c2Cl)O1. The van der Waals surface area contributed by atoms with Crippen molar-refractivity contribution in [2.45, 2.75) is 19.4 Å². The summed E-state index contributed by atoms with van der Waals surface area (Å²) in [7, 11) is 0. The van der Waals surface area contributed by atoms with Gasteiger partial charge in [0.2, 0.25) is 5.43 Å². The van der Waals surface area contributed by atoms with Gasteiger partial charge in [0.05, 0.1) is 22.6 Å². The first-order valence-corrected chi connectivity index (χ1v) is 8.63. The zero-order valence-corrected chi connectivity index (χ0v) is 14.7. The summed E-state index contributed by atoms with van der Waals surface area (Å²) in [5.41, 5.74) is 1.91. The van der Waals surface area contributed by atoms with Gasteiger partial charge in [0.1, 0.15) is 17.6 Å². The number of fused-ring (bicyclic) bond motifs is 2. The lowest BCUT2D eigenvalue weighted by atomic mass is 10.0. The first kappa shape index (κ1) is 16.7. The fraction of sp³-hybridized carbons (Fsp3) is 0.200. The molecule has 0 aliphatic carbocycles. The largest absolute Gasteiger partial charge is 0.478 e. The summed E-state index contributed by atoms with van der Waals surface area (Å²) in [5, 5.41) is 0.552. The van der Waals surface area contributed by atoms with Gasteiger partial charge in [0.25, 0.3) is 0 Å². The molecule has 1 unspecified atom stereocenters. The summed E-state index contributed by atoms with van der Waals surface area (Å²) in [5.74, 6) is -0.00996. The number of carbonyl (C=O) groups is 1. The quantitative estimate of drug-likeness (QED) is 0.652. The molecule has 4 rings (SSSR count). The van der Waals surface area contributed by atoms with Crippen molar-refractivity contribution in [2.75, 3.05) is 6.61 Å². The zero-order valence-electron chi connectivity index (χ0n) is 14.0. The third-order valence-electron chi connectivity index (χ3n) is 4.36. The average molecular weight is 371 g/mol. The third kappa shape index (κ3) is 2.65. The molecule has 0 bridgehead atoms. The lowest BCUT2D eigenvalue weighted by molar-refractivity contribution is -0.150. The molecule has 0 fully saturated rings. The molecular weight excluding hydrogens is 356 g/mol. The van der Waals surface area contributed by atoms with E-state index in [-0.39, 0.29) is 23.5 Å². The van der Waals surface area contributed by atoms with Gasteiger partial charge in [0.15, 0.2) is 6.10 Å². The van der Waals surface area contributed by atoms with E-state index in [9.17, 15) is 9.59 Å². The first-order chi connectivity index (χ1) is 12.6. The highest BCUT2D eigenvalue weighted by molar-refractivity contribution is 6.36. The van der Waals surface area contributed by atoms with Crippen LogP contribution in [0.5, 0.6) is 5.75 Å². The van der Waals surface area contributed by atoms with Crippen molar-refractivity contribution in [1.29, 1.82) is 0 Å². The van der Waals surface area contributed by atoms with E-state index in [2.05, 4.69) is 0 Å². The molecule has 0 N–H and O–H groups in total. The standard InChI is InChI=1S/C20H15ClO5/c1-2-24-20(23)16-8-12-14(26-16)9-15-17(18(12)21)19(22)13(10-25-15)11-6-4-3-5-7-11/h3-7,9-10,16H,2,8H2,1H3. The van der Waals surface area contributed by atoms with E-state index in [4.69, 9.17) is 25.5 Å². The second-order valence-electron chi connectivity index (χ2n) is 5.95. The van der Waals surface area contributed by atoms with Crippen LogP contribution in [0.4, 0.5) is 0 Å². The van der Waals surface area contributed by atoms with Gasteiger partial charge < -0.3 is 13.9 Å². The van der Waals surface area contributed by atoms with E-state index in [0.717, 1.165) is 5.56 Å². The minimum atomic E-state index is -0.761. The van der Waals surface area contributed by atoms with Gasteiger partial charge in [-0.05, 0) is 12.5 Å². The number of benzene rings is 2. The highest BCUT2D eigenvalue weighted by Crippen LogP contribution is 2.39. The maximum Gasteiger partial charge on any atom is 0.347 e. The summed E-state index contributed by atoms with van der Waals surface area (Å²) >= 11 is 6.51. The Kier molecular flexibility index (Phi) is 4.17. The van der Waals surface area contributed by atoms with Crippen LogP contribution in [-0.2, 0) is 16.0 Å². The van der Waals surface area contributed by atoms with E-state index in [0.29, 0.717) is 27.8 Å². The van der Waals surface area contributed by atoms with Crippen LogP contribution >= 0.6 is 11.6 Å². The fourth-order valence-corrected chi connectivity index (χ4v) is 3.47. The molecule has 3 aromatic rings. The molecule has 0 radical (unpaired) electrons. The number of hydrogen-bond acceptors (Lipinski definition) is 5. The molecule has 0 saturated carbocycles. The van der Waals surface area contributed by atoms with Crippen LogP contribution in [-0.4, -0.2) is 18.7 Å². The number of hydrogen-bond donors (Lipinski definition) is 0. The number of rotatable bonds is 3. The molecule has 1 aromatic heterocycles. The van der Waals surface area contributed by atoms with E-state index >= 15 is 0 Å². The average Bonchev–Trinajstić information content (AvgIpc) is 3.07. The van der Waals surface area contributed by atoms with Crippen molar-refractivity contribution >= 4 is 28.5 Å². The molecule has 2 aromatic carbocycles. The highest BCUT2D eigenvalue weighted by Gasteiger charge is 2.33. The monoisotopic (exact) mass is 370 g/mol. The zero-order chi connectivity index (χ0) is 18.3. The minimum absolute atomic E-state index is 0.218. The predicted molar refractivity (Wildman–Crippen MR) is 97.7 cm³/mol. The lowest BCUT2D eigenvalue weighted by Gasteiger charge is -2.09. The number of esters is 1. The third-order valence-corrected chi connectivity index (χ3v) is 4.78. The van der Waals surface area contributed by atoms with Gasteiger partial charge >= 0.3 is 5.97 Å². The van der Waals surface area contributed by atoms with E-state index in [1.54, 1.807) is 13.0 Å². The Labute approximate surface area is 154 Å². The van der Waals surface area contributed by atoms with E-state index < -0.39 is 12.1 Å². The van der Waals surface area contributed by atoms with Crippen molar-refractivity contribution in [3.8, 4) is 16.9 Å². The Morgan fingerprint density at radius 3 is 2.81 bits per heavy atom. The van der Waals surface area contributed by atoms with Crippen LogP contribution in [0.15, 0.2) is 51.9 Å². The van der Waals surface area contributed by atoms with Gasteiger partial charge in [-0.3, -0.25) is 4.79 Å². The molecule has 1 aliphatic rings. The van der Waals surface area contributed by atoms with Gasteiger partial charge in [0, 0.05) is 18.1 Å². The molecule has 0 amide bonds. The van der Waals surface area contributed by atoms with Crippen LogP contribution < -0.4 is 10.2 Å². The Morgan fingerprint density at radius 1 is 1.31 bits per heavy atom. The van der Waals surface area contributed by atoms with Gasteiger partial charge in [-0.2, -0.15) is 0 Å². The van der Waals surface area contributed by atoms with Crippen molar-refractivity contribution in [1.82, 2.24) is 0 Å². The number of halogens is 1. The minimum Gasteiger partial charge on any atom is -0.478 e. The summed E-state index contributed by atoms with van der Waals surface area (Å²) < 4.78 is 16.3. The molecule has 1 aliphatic heterocycles. The maximum atomic E-state index is 13.0. The van der Waals surface area contributed by atoms with Crippen molar-refractivity contribution in [2.24, 2.45) is 0 Å². The molecule has 0 spiro atoms. The smallest absolute Gasteiger partial charge is 0.347 e. The molecule has 6 heteroatoms. The van der Waals surface area contributed by atoms with Crippen LogP contribution in [0, 0.1) is 0 Å². The van der Waals surface area contributed by atoms with Crippen molar-refractivity contribution < 1.29 is 18.7 Å². The van der Waals surface area contributed by atoms with Crippen LogP contribution in [0.25, 0.3) is 22.1 Å². The summed E-state index contributed by atoms with van der Waals surface area (Å²) in [4.78, 5) is 24.9. The van der Waals surface area contributed by atoms with Gasteiger partial charge in [-0.25, -0.2) is 4.79 Å². The molecule has 2 heterocycles. The molecule has 5 nitrogen and oxygen atoms in total. The topological polar surface area (TPSA) is 65.7 Å². The first-order valence-electron chi connectivity index (χ1n) is 8.25. The summed E-state index contributed by atoms with van der Waals surface area (Å²) in [6.45, 7) is 2.00. The maximum absolute atomic E-state index is 13.0. The number of ether oxygens (including phenoxy) is 2. The normalized spacial score (nSPS) is 15.5. The molecule has 1 atom stereocenters. The number of carbonyl (C=O) groups excluding carboxylic acids is 1. The lowest BCUT2D eigenvalue weighted by Crippen LogP contribution is -2.27. The molecular formula is C20H15ClO5.